The van der Waals surface area contributed by atoms with E-state index in [4.69, 9.17) is 0 Å². The molecule has 1 aliphatic carbocycles. The summed E-state index contributed by atoms with van der Waals surface area (Å²) in [4.78, 5) is 0. The Morgan fingerprint density at radius 2 is 1.69 bits per heavy atom. The van der Waals surface area contributed by atoms with Crippen LogP contribution in [0.4, 0.5) is 8.78 Å². The van der Waals surface area contributed by atoms with Gasteiger partial charge >= 0.3 is 0 Å². The van der Waals surface area contributed by atoms with E-state index in [1.54, 1.807) is 0 Å². The zero-order valence-corrected chi connectivity index (χ0v) is 7.06. The summed E-state index contributed by atoms with van der Waals surface area (Å²) in [6.45, 7) is 0. The van der Waals surface area contributed by atoms with Crippen molar-refractivity contribution in [1.82, 2.24) is 0 Å². The monoisotopic (exact) mass is 184 g/mol. The van der Waals surface area contributed by atoms with E-state index in [2.05, 4.69) is 0 Å². The number of benzene rings is 1. The summed E-state index contributed by atoms with van der Waals surface area (Å²) < 4.78 is 25.4. The molecule has 0 amide bonds. The second-order valence-corrected chi connectivity index (χ2v) is 3.68. The van der Waals surface area contributed by atoms with E-state index in [1.807, 2.05) is 0 Å². The molecule has 0 spiro atoms. The fraction of sp³-hybridized carbons (Fsp3) is 0.400. The molecular weight excluding hydrogens is 174 g/mol. The summed E-state index contributed by atoms with van der Waals surface area (Å²) in [7, 11) is 0. The van der Waals surface area contributed by atoms with Crippen molar-refractivity contribution >= 4 is 0 Å². The maximum Gasteiger partial charge on any atom is 0.126 e. The van der Waals surface area contributed by atoms with Crippen LogP contribution < -0.4 is 0 Å². The molecule has 1 aromatic carbocycles. The molecule has 0 bridgehead atoms. The Morgan fingerprint density at radius 3 is 2.15 bits per heavy atom. The van der Waals surface area contributed by atoms with Gasteiger partial charge in [0, 0.05) is 12.5 Å². The standard InChI is InChI=1S/C10H10F2O/c11-8-3-7(4-9(12)5-8)6-10(13)1-2-10/h3-5,13H,1-2,6H2. The van der Waals surface area contributed by atoms with E-state index < -0.39 is 17.2 Å². The molecule has 1 nitrogen and oxygen atoms in total. The van der Waals surface area contributed by atoms with Gasteiger partial charge < -0.3 is 5.11 Å². The lowest BCUT2D eigenvalue weighted by atomic mass is 10.1. The SMILES string of the molecule is OC1(Cc2cc(F)cc(F)c2)CC1. The zero-order valence-electron chi connectivity index (χ0n) is 7.06. The minimum Gasteiger partial charge on any atom is -0.390 e. The fourth-order valence-electron chi connectivity index (χ4n) is 1.41. The average molecular weight is 184 g/mol. The topological polar surface area (TPSA) is 20.2 Å². The number of hydrogen-bond acceptors (Lipinski definition) is 1. The number of halogens is 2. The number of hydrogen-bond donors (Lipinski definition) is 1. The molecule has 0 aliphatic heterocycles. The van der Waals surface area contributed by atoms with Crippen LogP contribution in [0.5, 0.6) is 0 Å². The maximum atomic E-state index is 12.7. The van der Waals surface area contributed by atoms with Crippen LogP contribution in [0, 0.1) is 11.6 Å². The van der Waals surface area contributed by atoms with Gasteiger partial charge in [-0.3, -0.25) is 0 Å². The van der Waals surface area contributed by atoms with Gasteiger partial charge in [-0.25, -0.2) is 8.78 Å². The molecule has 3 heteroatoms. The minimum atomic E-state index is -0.694. The van der Waals surface area contributed by atoms with Gasteiger partial charge in [-0.05, 0) is 30.5 Å². The first kappa shape index (κ1) is 8.63. The zero-order chi connectivity index (χ0) is 9.47. The number of aliphatic hydroxyl groups is 1. The lowest BCUT2D eigenvalue weighted by Crippen LogP contribution is -2.10. The van der Waals surface area contributed by atoms with Gasteiger partial charge in [-0.1, -0.05) is 0 Å². The van der Waals surface area contributed by atoms with E-state index in [9.17, 15) is 13.9 Å². The minimum absolute atomic E-state index is 0.349. The Labute approximate surface area is 75.0 Å². The first-order chi connectivity index (χ1) is 6.07. The molecule has 0 saturated heterocycles. The second kappa shape index (κ2) is 2.77. The van der Waals surface area contributed by atoms with Crippen molar-refractivity contribution in [2.24, 2.45) is 0 Å². The van der Waals surface area contributed by atoms with Crippen LogP contribution in [-0.4, -0.2) is 10.7 Å². The van der Waals surface area contributed by atoms with E-state index >= 15 is 0 Å². The van der Waals surface area contributed by atoms with Gasteiger partial charge in [0.1, 0.15) is 11.6 Å². The third kappa shape index (κ3) is 2.04. The molecule has 70 valence electrons. The Hall–Kier alpha value is -0.960. The molecule has 1 N–H and O–H groups in total. The van der Waals surface area contributed by atoms with Gasteiger partial charge in [-0.15, -0.1) is 0 Å². The molecule has 1 aromatic rings. The summed E-state index contributed by atoms with van der Waals surface area (Å²) >= 11 is 0. The van der Waals surface area contributed by atoms with E-state index in [0.29, 0.717) is 12.0 Å². The Balaban J connectivity index is 2.20. The molecule has 1 aliphatic rings. The van der Waals surface area contributed by atoms with E-state index in [1.165, 1.54) is 12.1 Å². The molecule has 0 atom stereocenters. The summed E-state index contributed by atoms with van der Waals surface area (Å²) in [5, 5.41) is 9.52. The third-order valence-corrected chi connectivity index (χ3v) is 2.28. The van der Waals surface area contributed by atoms with Crippen molar-refractivity contribution in [2.45, 2.75) is 24.9 Å². The lowest BCUT2D eigenvalue weighted by Gasteiger charge is -2.07. The van der Waals surface area contributed by atoms with Crippen LogP contribution in [0.2, 0.25) is 0 Å². The van der Waals surface area contributed by atoms with Gasteiger partial charge in [0.25, 0.3) is 0 Å². The van der Waals surface area contributed by atoms with Crippen molar-refractivity contribution < 1.29 is 13.9 Å². The second-order valence-electron chi connectivity index (χ2n) is 3.68. The van der Waals surface area contributed by atoms with Gasteiger partial charge in [0.2, 0.25) is 0 Å². The van der Waals surface area contributed by atoms with Crippen molar-refractivity contribution in [1.29, 1.82) is 0 Å². The molecule has 0 aromatic heterocycles. The van der Waals surface area contributed by atoms with Crippen LogP contribution in [0.15, 0.2) is 18.2 Å². The molecule has 0 unspecified atom stereocenters. The normalized spacial score (nSPS) is 18.7. The van der Waals surface area contributed by atoms with Crippen molar-refractivity contribution in [3.63, 3.8) is 0 Å². The highest BCUT2D eigenvalue weighted by Crippen LogP contribution is 2.38. The number of rotatable bonds is 2. The largest absolute Gasteiger partial charge is 0.390 e. The molecule has 0 radical (unpaired) electrons. The summed E-state index contributed by atoms with van der Waals surface area (Å²) in [6, 6.07) is 3.36. The predicted molar refractivity (Wildman–Crippen MR) is 44.2 cm³/mol. The van der Waals surface area contributed by atoms with E-state index in [-0.39, 0.29) is 0 Å². The Bertz CT molecular complexity index is 311. The molecule has 2 rings (SSSR count). The van der Waals surface area contributed by atoms with Crippen LogP contribution in [-0.2, 0) is 6.42 Å². The highest BCUT2D eigenvalue weighted by molar-refractivity contribution is 5.21. The van der Waals surface area contributed by atoms with Crippen LogP contribution in [0.3, 0.4) is 0 Å². The molecule has 0 heterocycles. The molecule has 13 heavy (non-hydrogen) atoms. The lowest BCUT2D eigenvalue weighted by molar-refractivity contribution is 0.151. The van der Waals surface area contributed by atoms with Crippen LogP contribution in [0.25, 0.3) is 0 Å². The van der Waals surface area contributed by atoms with E-state index in [0.717, 1.165) is 18.9 Å². The van der Waals surface area contributed by atoms with Crippen LogP contribution in [0.1, 0.15) is 18.4 Å². The Kier molecular flexibility index (Phi) is 1.84. The highest BCUT2D eigenvalue weighted by Gasteiger charge is 2.40. The summed E-state index contributed by atoms with van der Waals surface area (Å²) in [5.74, 6) is -1.17. The summed E-state index contributed by atoms with van der Waals surface area (Å²) in [6.07, 6.45) is 1.80. The van der Waals surface area contributed by atoms with Crippen LogP contribution >= 0.6 is 0 Å². The maximum absolute atomic E-state index is 12.7. The molecule has 1 saturated carbocycles. The first-order valence-corrected chi connectivity index (χ1v) is 4.25. The van der Waals surface area contributed by atoms with Gasteiger partial charge in [0.15, 0.2) is 0 Å². The van der Waals surface area contributed by atoms with Gasteiger partial charge in [0.05, 0.1) is 5.60 Å². The quantitative estimate of drug-likeness (QED) is 0.745. The molecule has 1 fully saturated rings. The van der Waals surface area contributed by atoms with Gasteiger partial charge in [-0.2, -0.15) is 0 Å². The highest BCUT2D eigenvalue weighted by atomic mass is 19.1. The van der Waals surface area contributed by atoms with Crippen molar-refractivity contribution in [2.75, 3.05) is 0 Å². The molecular formula is C10H10F2O. The van der Waals surface area contributed by atoms with Crippen molar-refractivity contribution in [3.05, 3.63) is 35.4 Å². The average Bonchev–Trinajstić information content (AvgIpc) is 2.64. The smallest absolute Gasteiger partial charge is 0.126 e. The summed E-state index contributed by atoms with van der Waals surface area (Å²) in [5.41, 5.74) is -0.169. The third-order valence-electron chi connectivity index (χ3n) is 2.28. The van der Waals surface area contributed by atoms with Crippen molar-refractivity contribution in [3.8, 4) is 0 Å². The predicted octanol–water partition coefficient (Wildman–Crippen LogP) is 2.03. The fourth-order valence-corrected chi connectivity index (χ4v) is 1.41. The Morgan fingerprint density at radius 1 is 1.15 bits per heavy atom. The first-order valence-electron chi connectivity index (χ1n) is 4.25.